The molecule has 1 aliphatic heterocycles. The van der Waals surface area contributed by atoms with E-state index in [0.29, 0.717) is 19.4 Å². The van der Waals surface area contributed by atoms with Gasteiger partial charge in [-0.05, 0) is 40.5 Å². The smallest absolute Gasteiger partial charge is 0.366 e. The van der Waals surface area contributed by atoms with Crippen molar-refractivity contribution in [2.24, 2.45) is 0 Å². The zero-order valence-electron chi connectivity index (χ0n) is 15.3. The van der Waals surface area contributed by atoms with Gasteiger partial charge in [0.15, 0.2) is 0 Å². The number of hydrogen-bond donors (Lipinski definition) is 1. The molecule has 0 aromatic carbocycles. The maximum atomic E-state index is 13.5. The fourth-order valence-corrected chi connectivity index (χ4v) is 8.43. The Kier molecular flexibility index (Phi) is 8.75. The molecule has 1 N–H and O–H groups in total. The Morgan fingerprint density at radius 3 is 1.72 bits per heavy atom. The first-order chi connectivity index (χ1) is 11.8. The van der Waals surface area contributed by atoms with Gasteiger partial charge in [-0.3, -0.25) is 13.9 Å². The first-order valence-electron chi connectivity index (χ1n) is 8.51. The zero-order chi connectivity index (χ0) is 19.1. The zero-order valence-corrected chi connectivity index (χ0v) is 17.0. The topological polar surface area (TPSA) is 112 Å². The van der Waals surface area contributed by atoms with E-state index >= 15 is 0 Å². The molecule has 0 spiro atoms. The molecule has 11 heteroatoms. The quantitative estimate of drug-likeness (QED) is 0.393. The molecule has 1 fully saturated rings. The van der Waals surface area contributed by atoms with E-state index in [0.717, 1.165) is 0 Å². The van der Waals surface area contributed by atoms with Crippen LogP contribution in [0.4, 0.5) is 0 Å². The number of carbonyl (C=O) groups is 1. The Morgan fingerprint density at radius 1 is 1.00 bits per heavy atom. The SMILES string of the molecule is CCOP(=O)(OCC)C(O)(C1CCCN1C=O)P(=O)(OCC)OCC. The highest BCUT2D eigenvalue weighted by atomic mass is 31.2. The fourth-order valence-electron chi connectivity index (χ4n) is 2.98. The number of aliphatic hydroxyl groups is 1. The lowest BCUT2D eigenvalue weighted by atomic mass is 10.2. The summed E-state index contributed by atoms with van der Waals surface area (Å²) in [6.45, 7) is 6.42. The predicted molar refractivity (Wildman–Crippen MR) is 92.5 cm³/mol. The third-order valence-electron chi connectivity index (χ3n) is 3.88. The van der Waals surface area contributed by atoms with E-state index in [2.05, 4.69) is 0 Å². The Bertz CT molecular complexity index is 479. The van der Waals surface area contributed by atoms with Crippen LogP contribution < -0.4 is 0 Å². The monoisotopic (exact) mass is 401 g/mol. The second-order valence-corrected chi connectivity index (χ2v) is 10.1. The number of nitrogens with zero attached hydrogens (tertiary/aromatic N) is 1. The van der Waals surface area contributed by atoms with Crippen molar-refractivity contribution < 1.29 is 37.1 Å². The van der Waals surface area contributed by atoms with Gasteiger partial charge in [0.05, 0.1) is 32.5 Å². The van der Waals surface area contributed by atoms with Crippen LogP contribution >= 0.6 is 15.2 Å². The predicted octanol–water partition coefficient (Wildman–Crippen LogP) is 2.79. The lowest BCUT2D eigenvalue weighted by Gasteiger charge is -2.43. The summed E-state index contributed by atoms with van der Waals surface area (Å²) in [7, 11) is -8.76. The Hall–Kier alpha value is -0.270. The summed E-state index contributed by atoms with van der Waals surface area (Å²) in [6.07, 6.45) is 1.33. The van der Waals surface area contributed by atoms with Crippen molar-refractivity contribution in [3.8, 4) is 0 Å². The van der Waals surface area contributed by atoms with Crippen molar-refractivity contribution in [3.05, 3.63) is 0 Å². The minimum Gasteiger partial charge on any atom is -0.366 e. The Labute approximate surface area is 149 Å². The molecule has 0 bridgehead atoms. The minimum absolute atomic E-state index is 0.0500. The lowest BCUT2D eigenvalue weighted by Crippen LogP contribution is -2.50. The maximum Gasteiger partial charge on any atom is 0.376 e. The third kappa shape index (κ3) is 4.19. The average molecular weight is 401 g/mol. The third-order valence-corrected chi connectivity index (χ3v) is 9.95. The Balaban J connectivity index is 3.61. The van der Waals surface area contributed by atoms with Gasteiger partial charge in [0.25, 0.3) is 5.08 Å². The van der Waals surface area contributed by atoms with Gasteiger partial charge >= 0.3 is 15.2 Å². The molecule has 1 unspecified atom stereocenters. The maximum absolute atomic E-state index is 13.5. The number of amides is 1. The molecule has 0 radical (unpaired) electrons. The number of rotatable bonds is 12. The highest BCUT2D eigenvalue weighted by Crippen LogP contribution is 2.78. The first kappa shape index (κ1) is 22.8. The normalized spacial score (nSPS) is 19.4. The Morgan fingerprint density at radius 2 is 1.40 bits per heavy atom. The summed E-state index contributed by atoms with van der Waals surface area (Å²) >= 11 is 0. The van der Waals surface area contributed by atoms with Gasteiger partial charge in [-0.25, -0.2) is 0 Å². The van der Waals surface area contributed by atoms with Crippen molar-refractivity contribution in [3.63, 3.8) is 0 Å². The van der Waals surface area contributed by atoms with Crippen LogP contribution in [0.25, 0.3) is 0 Å². The van der Waals surface area contributed by atoms with Crippen molar-refractivity contribution in [1.82, 2.24) is 4.90 Å². The highest BCUT2D eigenvalue weighted by molar-refractivity contribution is 7.74. The van der Waals surface area contributed by atoms with E-state index in [-0.39, 0.29) is 32.8 Å². The summed E-state index contributed by atoms with van der Waals surface area (Å²) in [5.74, 6) is 0. The number of hydrogen-bond acceptors (Lipinski definition) is 8. The van der Waals surface area contributed by atoms with Crippen LogP contribution in [0.1, 0.15) is 40.5 Å². The van der Waals surface area contributed by atoms with E-state index in [9.17, 15) is 19.0 Å². The van der Waals surface area contributed by atoms with E-state index in [1.165, 1.54) is 4.90 Å². The van der Waals surface area contributed by atoms with E-state index in [4.69, 9.17) is 18.1 Å². The molecule has 1 amide bonds. The average Bonchev–Trinajstić information content (AvgIpc) is 3.03. The second-order valence-electron chi connectivity index (χ2n) is 5.35. The molecule has 1 saturated heterocycles. The molecule has 25 heavy (non-hydrogen) atoms. The molecule has 0 aliphatic carbocycles. The summed E-state index contributed by atoms with van der Waals surface area (Å²) in [6, 6.07) is -1.07. The van der Waals surface area contributed by atoms with Gasteiger partial charge in [0, 0.05) is 6.54 Å². The van der Waals surface area contributed by atoms with Gasteiger partial charge in [-0.2, -0.15) is 0 Å². The fraction of sp³-hybridized carbons (Fsp3) is 0.929. The van der Waals surface area contributed by atoms with Gasteiger partial charge in [-0.15, -0.1) is 0 Å². The van der Waals surface area contributed by atoms with E-state index in [1.807, 2.05) is 0 Å². The second kappa shape index (κ2) is 9.60. The summed E-state index contributed by atoms with van der Waals surface area (Å²) < 4.78 is 48.2. The van der Waals surface area contributed by atoms with Crippen LogP contribution in [0.5, 0.6) is 0 Å². The van der Waals surface area contributed by atoms with Crippen molar-refractivity contribution in [1.29, 1.82) is 0 Å². The number of likely N-dealkylation sites (tertiary alicyclic amines) is 1. The van der Waals surface area contributed by atoms with Gasteiger partial charge in [-0.1, -0.05) is 0 Å². The molecule has 1 atom stereocenters. The van der Waals surface area contributed by atoms with Gasteiger partial charge < -0.3 is 28.1 Å². The molecule has 1 rings (SSSR count). The summed E-state index contributed by atoms with van der Waals surface area (Å²) in [5, 5.41) is 8.93. The van der Waals surface area contributed by atoms with Crippen LogP contribution in [0.15, 0.2) is 0 Å². The van der Waals surface area contributed by atoms with Crippen molar-refractivity contribution in [2.45, 2.75) is 51.7 Å². The standard InChI is InChI=1S/C14H29NO8P2/c1-5-20-24(18,21-6-2)14(17,13-10-9-11-15(13)12-16)25(19,22-7-3)23-8-4/h12-13,17H,5-11H2,1-4H3. The lowest BCUT2D eigenvalue weighted by molar-refractivity contribution is -0.120. The van der Waals surface area contributed by atoms with Crippen molar-refractivity contribution in [2.75, 3.05) is 33.0 Å². The van der Waals surface area contributed by atoms with Crippen LogP contribution in [-0.2, 0) is 32.0 Å². The van der Waals surface area contributed by atoms with Gasteiger partial charge in [0.2, 0.25) is 6.41 Å². The number of carbonyl (C=O) groups excluding carboxylic acids is 1. The minimum atomic E-state index is -4.38. The van der Waals surface area contributed by atoms with Crippen LogP contribution in [0.3, 0.4) is 0 Å². The summed E-state index contributed by atoms with van der Waals surface area (Å²) in [4.78, 5) is 12.7. The van der Waals surface area contributed by atoms with E-state index < -0.39 is 26.3 Å². The van der Waals surface area contributed by atoms with Crippen LogP contribution in [0.2, 0.25) is 0 Å². The molecule has 1 aliphatic rings. The van der Waals surface area contributed by atoms with Crippen LogP contribution in [0, 0.1) is 0 Å². The molecule has 0 aromatic heterocycles. The molecule has 148 valence electrons. The molecule has 0 aromatic rings. The molecular weight excluding hydrogens is 372 g/mol. The van der Waals surface area contributed by atoms with E-state index in [1.54, 1.807) is 27.7 Å². The summed E-state index contributed by atoms with van der Waals surface area (Å²) in [5.41, 5.74) is 0. The molecular formula is C14H29NO8P2. The highest BCUT2D eigenvalue weighted by Gasteiger charge is 2.70. The molecule has 9 nitrogen and oxygen atoms in total. The van der Waals surface area contributed by atoms with Gasteiger partial charge in [0.1, 0.15) is 0 Å². The first-order valence-corrected chi connectivity index (χ1v) is 11.6. The van der Waals surface area contributed by atoms with Crippen molar-refractivity contribution >= 4 is 21.6 Å². The molecule has 1 heterocycles. The van der Waals surface area contributed by atoms with Crippen LogP contribution in [-0.4, -0.2) is 60.5 Å². The largest absolute Gasteiger partial charge is 0.376 e. The molecule has 0 saturated carbocycles.